The summed E-state index contributed by atoms with van der Waals surface area (Å²) < 4.78 is 0. The molecule has 15 heavy (non-hydrogen) atoms. The van der Waals surface area contributed by atoms with E-state index < -0.39 is 0 Å². The highest BCUT2D eigenvalue weighted by Gasteiger charge is 1.89. The van der Waals surface area contributed by atoms with Crippen molar-refractivity contribution in [2.45, 2.75) is 71.6 Å². The van der Waals surface area contributed by atoms with E-state index in [0.717, 1.165) is 0 Å². The Morgan fingerprint density at radius 3 is 1.93 bits per heavy atom. The van der Waals surface area contributed by atoms with E-state index in [-0.39, 0.29) is 0 Å². The highest BCUT2D eigenvalue weighted by atomic mass is 14.0. The van der Waals surface area contributed by atoms with Crippen molar-refractivity contribution in [3.63, 3.8) is 0 Å². The van der Waals surface area contributed by atoms with Crippen molar-refractivity contribution in [2.24, 2.45) is 0 Å². The fraction of sp³-hybridized carbons (Fsp3) is 0.733. The first-order valence-electron chi connectivity index (χ1n) is 6.69. The zero-order valence-electron chi connectivity index (χ0n) is 10.7. The van der Waals surface area contributed by atoms with Crippen LogP contribution in [0.1, 0.15) is 71.6 Å². The van der Waals surface area contributed by atoms with Crippen LogP contribution in [0.4, 0.5) is 0 Å². The van der Waals surface area contributed by atoms with Gasteiger partial charge in [-0.3, -0.25) is 0 Å². The zero-order valence-corrected chi connectivity index (χ0v) is 10.7. The van der Waals surface area contributed by atoms with Crippen LogP contribution in [0.3, 0.4) is 0 Å². The molecule has 88 valence electrons. The van der Waals surface area contributed by atoms with Crippen molar-refractivity contribution >= 4 is 0 Å². The fourth-order valence-electron chi connectivity index (χ4n) is 1.68. The highest BCUT2D eigenvalue weighted by Crippen LogP contribution is 2.09. The van der Waals surface area contributed by atoms with Gasteiger partial charge >= 0.3 is 0 Å². The van der Waals surface area contributed by atoms with Gasteiger partial charge in [0.25, 0.3) is 0 Å². The molecule has 0 nitrogen and oxygen atoms in total. The highest BCUT2D eigenvalue weighted by molar-refractivity contribution is 5.00. The average Bonchev–Trinajstić information content (AvgIpc) is 2.26. The summed E-state index contributed by atoms with van der Waals surface area (Å²) in [6.45, 7) is 4.33. The van der Waals surface area contributed by atoms with Crippen LogP contribution in [0.2, 0.25) is 0 Å². The fourth-order valence-corrected chi connectivity index (χ4v) is 1.68. The topological polar surface area (TPSA) is 0 Å². The number of allylic oxidation sites excluding steroid dienone is 4. The second-order valence-electron chi connectivity index (χ2n) is 4.22. The molecule has 0 saturated carbocycles. The molecule has 0 fully saturated rings. The summed E-state index contributed by atoms with van der Waals surface area (Å²) in [7, 11) is 0. The SMILES string of the molecule is C/C=C/C=C/CCCCCCCCCC. The van der Waals surface area contributed by atoms with Crippen LogP contribution in [0, 0.1) is 0 Å². The van der Waals surface area contributed by atoms with E-state index in [4.69, 9.17) is 0 Å². The molecular formula is C15H28. The predicted molar refractivity (Wildman–Crippen MR) is 71.2 cm³/mol. The Bertz CT molecular complexity index is 153. The van der Waals surface area contributed by atoms with Crippen LogP contribution in [0.25, 0.3) is 0 Å². The number of rotatable bonds is 10. The van der Waals surface area contributed by atoms with Crippen LogP contribution in [0.5, 0.6) is 0 Å². The second-order valence-corrected chi connectivity index (χ2v) is 4.22. The summed E-state index contributed by atoms with van der Waals surface area (Å²) in [5, 5.41) is 0. The van der Waals surface area contributed by atoms with Gasteiger partial charge in [-0.1, -0.05) is 76.2 Å². The molecule has 0 rings (SSSR count). The molecule has 0 aromatic rings. The largest absolute Gasteiger partial charge is 0.0877 e. The molecule has 0 heteroatoms. The molecule has 0 radical (unpaired) electrons. The van der Waals surface area contributed by atoms with Crippen LogP contribution in [0.15, 0.2) is 24.3 Å². The van der Waals surface area contributed by atoms with Gasteiger partial charge in [-0.15, -0.1) is 0 Å². The maximum atomic E-state index is 2.27. The minimum absolute atomic E-state index is 1.25. The quantitative estimate of drug-likeness (QED) is 0.321. The van der Waals surface area contributed by atoms with E-state index in [2.05, 4.69) is 38.2 Å². The Morgan fingerprint density at radius 2 is 1.33 bits per heavy atom. The van der Waals surface area contributed by atoms with Crippen LogP contribution >= 0.6 is 0 Å². The minimum atomic E-state index is 1.25. The van der Waals surface area contributed by atoms with Crippen molar-refractivity contribution in [2.75, 3.05) is 0 Å². The summed E-state index contributed by atoms with van der Waals surface area (Å²) in [6.07, 6.45) is 21.2. The molecule has 0 amide bonds. The van der Waals surface area contributed by atoms with Crippen molar-refractivity contribution in [3.8, 4) is 0 Å². The number of hydrogen-bond donors (Lipinski definition) is 0. The normalized spacial score (nSPS) is 11.9. The summed E-state index contributed by atoms with van der Waals surface area (Å²) in [4.78, 5) is 0. The molecule has 0 spiro atoms. The first-order valence-corrected chi connectivity index (χ1v) is 6.69. The lowest BCUT2D eigenvalue weighted by molar-refractivity contribution is 0.577. The van der Waals surface area contributed by atoms with Gasteiger partial charge in [0.15, 0.2) is 0 Å². The van der Waals surface area contributed by atoms with Gasteiger partial charge in [-0.05, 0) is 19.8 Å². The maximum Gasteiger partial charge on any atom is -0.0348 e. The Balaban J connectivity index is 2.98. The molecule has 0 atom stereocenters. The van der Waals surface area contributed by atoms with E-state index in [9.17, 15) is 0 Å². The molecule has 0 aliphatic rings. The molecule has 0 aromatic heterocycles. The molecule has 0 aliphatic heterocycles. The smallest absolute Gasteiger partial charge is 0.0348 e. The average molecular weight is 208 g/mol. The number of hydrogen-bond acceptors (Lipinski definition) is 0. The van der Waals surface area contributed by atoms with E-state index in [1.165, 1.54) is 57.8 Å². The lowest BCUT2D eigenvalue weighted by Gasteiger charge is -1.99. The minimum Gasteiger partial charge on any atom is -0.0877 e. The molecule has 0 heterocycles. The lowest BCUT2D eigenvalue weighted by atomic mass is 10.1. The van der Waals surface area contributed by atoms with Crippen molar-refractivity contribution in [3.05, 3.63) is 24.3 Å². The molecule has 0 unspecified atom stereocenters. The van der Waals surface area contributed by atoms with E-state index in [1.54, 1.807) is 0 Å². The summed E-state index contributed by atoms with van der Waals surface area (Å²) in [5.74, 6) is 0. The van der Waals surface area contributed by atoms with Gasteiger partial charge in [-0.25, -0.2) is 0 Å². The Hall–Kier alpha value is -0.520. The first-order chi connectivity index (χ1) is 7.41. The van der Waals surface area contributed by atoms with Gasteiger partial charge in [0, 0.05) is 0 Å². The zero-order chi connectivity index (χ0) is 11.2. The number of unbranched alkanes of at least 4 members (excludes halogenated alkanes) is 8. The van der Waals surface area contributed by atoms with Crippen molar-refractivity contribution in [1.82, 2.24) is 0 Å². The van der Waals surface area contributed by atoms with Crippen LogP contribution < -0.4 is 0 Å². The van der Waals surface area contributed by atoms with E-state index >= 15 is 0 Å². The standard InChI is InChI=1S/C15H28/c1-3-5-7-9-11-13-15-14-12-10-8-6-4-2/h3,5,7,9H,4,6,8,10-15H2,1-2H3/b5-3+,9-7+. The van der Waals surface area contributed by atoms with E-state index in [1.807, 2.05) is 0 Å². The summed E-state index contributed by atoms with van der Waals surface area (Å²) in [5.41, 5.74) is 0. The third-order valence-corrected chi connectivity index (χ3v) is 2.66. The molecule has 0 N–H and O–H groups in total. The third-order valence-electron chi connectivity index (χ3n) is 2.66. The lowest BCUT2D eigenvalue weighted by Crippen LogP contribution is -1.79. The molecule has 0 bridgehead atoms. The molecule has 0 aromatic carbocycles. The van der Waals surface area contributed by atoms with Crippen molar-refractivity contribution < 1.29 is 0 Å². The Kier molecular flexibility index (Phi) is 13.0. The van der Waals surface area contributed by atoms with Crippen LogP contribution in [-0.4, -0.2) is 0 Å². The Labute approximate surface area is 96.5 Å². The van der Waals surface area contributed by atoms with Crippen molar-refractivity contribution in [1.29, 1.82) is 0 Å². The monoisotopic (exact) mass is 208 g/mol. The first kappa shape index (κ1) is 14.5. The summed E-state index contributed by atoms with van der Waals surface area (Å²) >= 11 is 0. The van der Waals surface area contributed by atoms with Gasteiger partial charge in [0.1, 0.15) is 0 Å². The van der Waals surface area contributed by atoms with Gasteiger partial charge in [0.05, 0.1) is 0 Å². The van der Waals surface area contributed by atoms with Gasteiger partial charge < -0.3 is 0 Å². The summed E-state index contributed by atoms with van der Waals surface area (Å²) in [6, 6.07) is 0. The third kappa shape index (κ3) is 13.5. The molecule has 0 saturated heterocycles. The Morgan fingerprint density at radius 1 is 0.733 bits per heavy atom. The molecule has 0 aliphatic carbocycles. The van der Waals surface area contributed by atoms with Gasteiger partial charge in [-0.2, -0.15) is 0 Å². The maximum absolute atomic E-state index is 2.27. The second kappa shape index (κ2) is 13.5. The predicted octanol–water partition coefficient (Wildman–Crippen LogP) is 5.65. The van der Waals surface area contributed by atoms with E-state index in [0.29, 0.717) is 0 Å². The van der Waals surface area contributed by atoms with Crippen LogP contribution in [-0.2, 0) is 0 Å². The van der Waals surface area contributed by atoms with Gasteiger partial charge in [0.2, 0.25) is 0 Å². The molecular weight excluding hydrogens is 180 g/mol.